The fourth-order valence-corrected chi connectivity index (χ4v) is 2.60. The third-order valence-corrected chi connectivity index (χ3v) is 4.70. The number of rotatable bonds is 4. The van der Waals surface area contributed by atoms with E-state index < -0.39 is 10.0 Å². The van der Waals surface area contributed by atoms with E-state index in [4.69, 9.17) is 4.74 Å². The van der Waals surface area contributed by atoms with Crippen LogP contribution in [0, 0.1) is 0 Å². The molecule has 0 aromatic rings. The second kappa shape index (κ2) is 4.55. The lowest BCUT2D eigenvalue weighted by molar-refractivity contribution is -0.140. The molecular formula is C10H18N2O4S. The average Bonchev–Trinajstić information content (AvgIpc) is 3.07. The molecule has 17 heavy (non-hydrogen) atoms. The Morgan fingerprint density at radius 3 is 2.76 bits per heavy atom. The molecule has 1 aliphatic heterocycles. The molecule has 0 bridgehead atoms. The predicted octanol–water partition coefficient (Wildman–Crippen LogP) is -0.683. The summed E-state index contributed by atoms with van der Waals surface area (Å²) in [6.07, 6.45) is 1.92. The summed E-state index contributed by atoms with van der Waals surface area (Å²) in [7, 11) is -3.30. The van der Waals surface area contributed by atoms with Gasteiger partial charge in [0.1, 0.15) is 0 Å². The Morgan fingerprint density at radius 1 is 1.47 bits per heavy atom. The topological polar surface area (TPSA) is 75.7 Å². The van der Waals surface area contributed by atoms with Crippen LogP contribution in [0.3, 0.4) is 0 Å². The largest absolute Gasteiger partial charge is 0.377 e. The van der Waals surface area contributed by atoms with Crippen LogP contribution < -0.4 is 4.72 Å². The van der Waals surface area contributed by atoms with E-state index in [-0.39, 0.29) is 23.7 Å². The molecule has 1 spiro atoms. The van der Waals surface area contributed by atoms with Gasteiger partial charge in [0.05, 0.1) is 31.1 Å². The minimum absolute atomic E-state index is 0.00542. The maximum absolute atomic E-state index is 12.0. The number of amides is 1. The third kappa shape index (κ3) is 2.78. The summed E-state index contributed by atoms with van der Waals surface area (Å²) in [4.78, 5) is 13.7. The lowest BCUT2D eigenvalue weighted by Gasteiger charge is -2.36. The number of carbonyl (C=O) groups excluding carboxylic acids is 1. The Hall–Kier alpha value is -0.660. The van der Waals surface area contributed by atoms with Crippen molar-refractivity contribution in [3.05, 3.63) is 0 Å². The van der Waals surface area contributed by atoms with Crippen molar-refractivity contribution in [2.24, 2.45) is 0 Å². The quantitative estimate of drug-likeness (QED) is 0.728. The summed E-state index contributed by atoms with van der Waals surface area (Å²) in [6.45, 7) is 3.09. The van der Waals surface area contributed by atoms with Gasteiger partial charge < -0.3 is 9.64 Å². The van der Waals surface area contributed by atoms with Gasteiger partial charge in [-0.1, -0.05) is 0 Å². The zero-order valence-electron chi connectivity index (χ0n) is 9.94. The van der Waals surface area contributed by atoms with Crippen molar-refractivity contribution in [3.8, 4) is 0 Å². The van der Waals surface area contributed by atoms with Gasteiger partial charge in [-0.2, -0.15) is 0 Å². The van der Waals surface area contributed by atoms with Gasteiger partial charge in [0.2, 0.25) is 15.9 Å². The summed E-state index contributed by atoms with van der Waals surface area (Å²) in [6, 6.07) is 0. The molecule has 2 rings (SSSR count). The van der Waals surface area contributed by atoms with Crippen LogP contribution in [-0.2, 0) is 19.6 Å². The molecule has 1 aliphatic carbocycles. The fraction of sp³-hybridized carbons (Fsp3) is 0.900. The van der Waals surface area contributed by atoms with Crippen LogP contribution in [0.1, 0.15) is 19.8 Å². The second-order valence-corrected chi connectivity index (χ2v) is 6.64. The van der Waals surface area contributed by atoms with Gasteiger partial charge >= 0.3 is 0 Å². The molecule has 1 N–H and O–H groups in total. The van der Waals surface area contributed by atoms with Gasteiger partial charge in [-0.25, -0.2) is 13.1 Å². The van der Waals surface area contributed by atoms with Crippen molar-refractivity contribution in [3.63, 3.8) is 0 Å². The number of nitrogens with one attached hydrogen (secondary N) is 1. The summed E-state index contributed by atoms with van der Waals surface area (Å²) < 4.78 is 30.2. The minimum Gasteiger partial charge on any atom is -0.377 e. The van der Waals surface area contributed by atoms with Gasteiger partial charge in [-0.15, -0.1) is 0 Å². The molecule has 1 amide bonds. The highest BCUT2D eigenvalue weighted by Gasteiger charge is 2.51. The molecule has 0 atom stereocenters. The molecular weight excluding hydrogens is 244 g/mol. The Bertz CT molecular complexity index is 403. The predicted molar refractivity (Wildman–Crippen MR) is 62.0 cm³/mol. The molecule has 0 aromatic heterocycles. The molecule has 7 heteroatoms. The van der Waals surface area contributed by atoms with E-state index >= 15 is 0 Å². The molecule has 1 saturated heterocycles. The summed E-state index contributed by atoms with van der Waals surface area (Å²) in [5.41, 5.74) is -0.132. The van der Waals surface area contributed by atoms with E-state index in [0.29, 0.717) is 19.8 Å². The molecule has 2 fully saturated rings. The number of sulfonamides is 1. The third-order valence-electron chi connectivity index (χ3n) is 3.35. The average molecular weight is 262 g/mol. The SMILES string of the molecule is CCS(=O)(=O)NCC(=O)N1CCOCC12CC2. The van der Waals surface area contributed by atoms with Crippen molar-refractivity contribution in [1.82, 2.24) is 9.62 Å². The number of hydrogen-bond acceptors (Lipinski definition) is 4. The Kier molecular flexibility index (Phi) is 3.42. The fourth-order valence-electron chi connectivity index (χ4n) is 2.05. The molecule has 1 saturated carbocycles. The van der Waals surface area contributed by atoms with Gasteiger partial charge in [-0.05, 0) is 19.8 Å². The van der Waals surface area contributed by atoms with E-state index in [2.05, 4.69) is 4.72 Å². The Balaban J connectivity index is 1.91. The highest BCUT2D eigenvalue weighted by atomic mass is 32.2. The number of ether oxygens (including phenoxy) is 1. The zero-order valence-corrected chi connectivity index (χ0v) is 10.8. The first-order valence-electron chi connectivity index (χ1n) is 5.85. The van der Waals surface area contributed by atoms with E-state index in [0.717, 1.165) is 12.8 Å². The molecule has 0 unspecified atom stereocenters. The molecule has 0 aromatic carbocycles. The second-order valence-electron chi connectivity index (χ2n) is 4.55. The van der Waals surface area contributed by atoms with Gasteiger partial charge in [0.15, 0.2) is 0 Å². The van der Waals surface area contributed by atoms with Crippen LogP contribution in [0.4, 0.5) is 0 Å². The molecule has 6 nitrogen and oxygen atoms in total. The van der Waals surface area contributed by atoms with Gasteiger partial charge in [0, 0.05) is 6.54 Å². The van der Waals surface area contributed by atoms with Crippen LogP contribution in [0.25, 0.3) is 0 Å². The van der Waals surface area contributed by atoms with Crippen molar-refractivity contribution in [2.45, 2.75) is 25.3 Å². The van der Waals surface area contributed by atoms with Crippen LogP contribution in [0.5, 0.6) is 0 Å². The zero-order chi connectivity index (χ0) is 12.5. The van der Waals surface area contributed by atoms with Gasteiger partial charge in [-0.3, -0.25) is 4.79 Å². The van der Waals surface area contributed by atoms with E-state index in [1.165, 1.54) is 0 Å². The highest BCUT2D eigenvalue weighted by Crippen LogP contribution is 2.43. The summed E-state index contributed by atoms with van der Waals surface area (Å²) in [5, 5.41) is 0. The van der Waals surface area contributed by atoms with Crippen LogP contribution in [-0.4, -0.2) is 56.8 Å². The number of morpholine rings is 1. The van der Waals surface area contributed by atoms with Crippen LogP contribution in [0.2, 0.25) is 0 Å². The summed E-state index contributed by atoms with van der Waals surface area (Å²) in [5.74, 6) is -0.156. The summed E-state index contributed by atoms with van der Waals surface area (Å²) >= 11 is 0. The molecule has 98 valence electrons. The number of nitrogens with zero attached hydrogens (tertiary/aromatic N) is 1. The maximum atomic E-state index is 12.0. The smallest absolute Gasteiger partial charge is 0.238 e. The highest BCUT2D eigenvalue weighted by molar-refractivity contribution is 7.89. The van der Waals surface area contributed by atoms with Crippen LogP contribution in [0.15, 0.2) is 0 Å². The monoisotopic (exact) mass is 262 g/mol. The first-order valence-corrected chi connectivity index (χ1v) is 7.50. The number of carbonyl (C=O) groups is 1. The van der Waals surface area contributed by atoms with E-state index in [1.807, 2.05) is 0 Å². The molecule has 2 aliphatic rings. The Labute approximate surface area is 101 Å². The normalized spacial score (nSPS) is 22.8. The molecule has 0 radical (unpaired) electrons. The van der Waals surface area contributed by atoms with Crippen molar-refractivity contribution in [2.75, 3.05) is 32.1 Å². The lowest BCUT2D eigenvalue weighted by Crippen LogP contribution is -2.53. The van der Waals surface area contributed by atoms with Crippen molar-refractivity contribution in [1.29, 1.82) is 0 Å². The maximum Gasteiger partial charge on any atom is 0.238 e. The minimum atomic E-state index is -3.30. The first kappa shape index (κ1) is 12.8. The van der Waals surface area contributed by atoms with Gasteiger partial charge in [0.25, 0.3) is 0 Å². The first-order chi connectivity index (χ1) is 7.99. The van der Waals surface area contributed by atoms with Crippen molar-refractivity contribution < 1.29 is 17.9 Å². The van der Waals surface area contributed by atoms with E-state index in [1.54, 1.807) is 11.8 Å². The Morgan fingerprint density at radius 2 is 2.18 bits per heavy atom. The van der Waals surface area contributed by atoms with Crippen LogP contribution >= 0.6 is 0 Å². The lowest BCUT2D eigenvalue weighted by atomic mass is 10.2. The number of hydrogen-bond donors (Lipinski definition) is 1. The standard InChI is InChI=1S/C10H18N2O4S/c1-2-17(14,15)11-7-9(13)12-5-6-16-8-10(12)3-4-10/h11H,2-8H2,1H3. The molecule has 1 heterocycles. The van der Waals surface area contributed by atoms with Crippen molar-refractivity contribution >= 4 is 15.9 Å². The van der Waals surface area contributed by atoms with E-state index in [9.17, 15) is 13.2 Å².